The number of nitro benzene ring substituents is 1. The fourth-order valence-corrected chi connectivity index (χ4v) is 3.25. The first-order valence-corrected chi connectivity index (χ1v) is 8.37. The molecule has 0 radical (unpaired) electrons. The number of carbonyl (C=O) groups excluding carboxylic acids is 1. The molecular formula is C17H14N4O3S. The highest BCUT2D eigenvalue weighted by Crippen LogP contribution is 2.23. The molecule has 1 fully saturated rings. The topological polar surface area (TPSA) is 97.0 Å². The molecule has 1 N–H and O–H groups in total. The van der Waals surface area contributed by atoms with Gasteiger partial charge in [-0.05, 0) is 12.0 Å². The van der Waals surface area contributed by atoms with E-state index in [-0.39, 0.29) is 16.8 Å². The average molecular weight is 354 g/mol. The highest BCUT2D eigenvalue weighted by molar-refractivity contribution is 8.15. The number of rotatable bonds is 5. The third-order valence-electron chi connectivity index (χ3n) is 3.48. The number of hydrogen-bond acceptors (Lipinski definition) is 6. The smallest absolute Gasteiger partial charge is 0.270 e. The summed E-state index contributed by atoms with van der Waals surface area (Å²) in [6, 6.07) is 15.8. The molecule has 2 aromatic carbocycles. The predicted molar refractivity (Wildman–Crippen MR) is 97.8 cm³/mol. The van der Waals surface area contributed by atoms with Gasteiger partial charge in [-0.2, -0.15) is 5.10 Å². The summed E-state index contributed by atoms with van der Waals surface area (Å²) >= 11 is 1.32. The van der Waals surface area contributed by atoms with Crippen LogP contribution in [0.1, 0.15) is 11.1 Å². The third kappa shape index (κ3) is 4.51. The molecule has 8 heteroatoms. The van der Waals surface area contributed by atoms with Crippen LogP contribution in [0.4, 0.5) is 5.69 Å². The Bertz CT molecular complexity index is 852. The molecule has 1 aliphatic heterocycles. The van der Waals surface area contributed by atoms with Crippen LogP contribution in [0.15, 0.2) is 64.8 Å². The van der Waals surface area contributed by atoms with Crippen molar-refractivity contribution in [1.82, 2.24) is 5.32 Å². The number of carbonyl (C=O) groups is 1. The van der Waals surface area contributed by atoms with Gasteiger partial charge < -0.3 is 5.32 Å². The molecule has 1 heterocycles. The van der Waals surface area contributed by atoms with Crippen LogP contribution in [0.5, 0.6) is 0 Å². The lowest BCUT2D eigenvalue weighted by molar-refractivity contribution is -0.384. The molecule has 0 spiro atoms. The normalized spacial score (nSPS) is 18.6. The van der Waals surface area contributed by atoms with Crippen molar-refractivity contribution in [3.8, 4) is 0 Å². The Hall–Kier alpha value is -3.00. The molecule has 0 aliphatic carbocycles. The molecule has 25 heavy (non-hydrogen) atoms. The summed E-state index contributed by atoms with van der Waals surface area (Å²) in [6.07, 6.45) is 2.03. The van der Waals surface area contributed by atoms with Crippen molar-refractivity contribution in [2.24, 2.45) is 10.2 Å². The van der Waals surface area contributed by atoms with Gasteiger partial charge in [-0.1, -0.05) is 54.2 Å². The largest absolute Gasteiger partial charge is 0.303 e. The summed E-state index contributed by atoms with van der Waals surface area (Å²) in [5, 5.41) is 21.5. The van der Waals surface area contributed by atoms with Crippen molar-refractivity contribution in [2.45, 2.75) is 11.7 Å². The summed E-state index contributed by atoms with van der Waals surface area (Å²) in [5.41, 5.74) is 1.63. The Labute approximate surface area is 148 Å². The summed E-state index contributed by atoms with van der Waals surface area (Å²) in [7, 11) is 0. The highest BCUT2D eigenvalue weighted by atomic mass is 32.2. The molecule has 1 aliphatic rings. The second kappa shape index (κ2) is 7.71. The van der Waals surface area contributed by atoms with Crippen molar-refractivity contribution in [3.05, 3.63) is 75.8 Å². The predicted octanol–water partition coefficient (Wildman–Crippen LogP) is 2.76. The monoisotopic (exact) mass is 354 g/mol. The van der Waals surface area contributed by atoms with Gasteiger partial charge in [0.1, 0.15) is 0 Å². The van der Waals surface area contributed by atoms with E-state index in [9.17, 15) is 14.9 Å². The molecule has 0 bridgehead atoms. The van der Waals surface area contributed by atoms with E-state index in [0.717, 1.165) is 5.56 Å². The average Bonchev–Trinajstić information content (AvgIpc) is 2.95. The maximum atomic E-state index is 12.0. The second-order valence-corrected chi connectivity index (χ2v) is 6.48. The number of nitrogens with zero attached hydrogens (tertiary/aromatic N) is 3. The molecule has 7 nitrogen and oxygen atoms in total. The van der Waals surface area contributed by atoms with E-state index in [1.807, 2.05) is 30.3 Å². The Morgan fingerprint density at radius 3 is 2.76 bits per heavy atom. The molecule has 2 aromatic rings. The minimum Gasteiger partial charge on any atom is -0.303 e. The number of nitrogens with one attached hydrogen (secondary N) is 1. The summed E-state index contributed by atoms with van der Waals surface area (Å²) in [4.78, 5) is 22.3. The van der Waals surface area contributed by atoms with Gasteiger partial charge in [0, 0.05) is 17.7 Å². The third-order valence-corrected chi connectivity index (χ3v) is 4.55. The molecule has 3 rings (SSSR count). The molecule has 0 unspecified atom stereocenters. The Morgan fingerprint density at radius 1 is 1.20 bits per heavy atom. The highest BCUT2D eigenvalue weighted by Gasteiger charge is 2.30. The van der Waals surface area contributed by atoms with Gasteiger partial charge in [-0.25, -0.2) is 0 Å². The van der Waals surface area contributed by atoms with Gasteiger partial charge >= 0.3 is 0 Å². The number of nitro groups is 1. The Balaban J connectivity index is 1.64. The maximum Gasteiger partial charge on any atom is 0.270 e. The van der Waals surface area contributed by atoms with Crippen LogP contribution in [0.25, 0.3) is 0 Å². The molecule has 1 saturated heterocycles. The summed E-state index contributed by atoms with van der Waals surface area (Å²) < 4.78 is 0. The van der Waals surface area contributed by atoms with Gasteiger partial charge in [0.2, 0.25) is 5.91 Å². The van der Waals surface area contributed by atoms with E-state index in [1.54, 1.807) is 12.1 Å². The fourth-order valence-electron chi connectivity index (χ4n) is 2.28. The molecule has 0 saturated carbocycles. The van der Waals surface area contributed by atoms with Crippen LogP contribution < -0.4 is 5.32 Å². The van der Waals surface area contributed by atoms with Gasteiger partial charge in [0.25, 0.3) is 5.69 Å². The van der Waals surface area contributed by atoms with E-state index < -0.39 is 4.92 Å². The first-order valence-electron chi connectivity index (χ1n) is 7.49. The SMILES string of the molecule is O=C1N/C(=N\N=Cc2cccc([N+](=O)[O-])c2)S[C@H]1Cc1ccccc1. The van der Waals surface area contributed by atoms with Gasteiger partial charge in [-0.3, -0.25) is 14.9 Å². The second-order valence-electron chi connectivity index (χ2n) is 5.29. The van der Waals surface area contributed by atoms with E-state index in [0.29, 0.717) is 17.2 Å². The number of amidine groups is 1. The maximum absolute atomic E-state index is 12.0. The summed E-state index contributed by atoms with van der Waals surface area (Å²) in [6.45, 7) is 0. The van der Waals surface area contributed by atoms with Crippen LogP contribution in [-0.4, -0.2) is 27.5 Å². The Morgan fingerprint density at radius 2 is 2.00 bits per heavy atom. The molecule has 0 aromatic heterocycles. The van der Waals surface area contributed by atoms with Crippen molar-refractivity contribution >= 4 is 34.7 Å². The van der Waals surface area contributed by atoms with Crippen LogP contribution in [0, 0.1) is 10.1 Å². The van der Waals surface area contributed by atoms with E-state index >= 15 is 0 Å². The number of amides is 1. The van der Waals surface area contributed by atoms with Crippen LogP contribution in [0.3, 0.4) is 0 Å². The Kier molecular flexibility index (Phi) is 5.20. The molecular weight excluding hydrogens is 340 g/mol. The van der Waals surface area contributed by atoms with Crippen molar-refractivity contribution in [3.63, 3.8) is 0 Å². The van der Waals surface area contributed by atoms with E-state index in [4.69, 9.17) is 0 Å². The minimum absolute atomic E-state index is 0.0110. The number of non-ortho nitro benzene ring substituents is 1. The van der Waals surface area contributed by atoms with Crippen molar-refractivity contribution in [1.29, 1.82) is 0 Å². The zero-order valence-corrected chi connectivity index (χ0v) is 13.8. The molecule has 1 amide bonds. The standard InChI is InChI=1S/C17H14N4O3S/c22-16-15(10-12-5-2-1-3-6-12)25-17(19-16)20-18-11-13-7-4-8-14(9-13)21(23)24/h1-9,11,15H,10H2,(H,19,20,22)/t15-/m0/s1. The van der Waals surface area contributed by atoms with Crippen LogP contribution in [0.2, 0.25) is 0 Å². The number of benzene rings is 2. The minimum atomic E-state index is -0.468. The molecule has 1 atom stereocenters. The van der Waals surface area contributed by atoms with Gasteiger partial charge in [-0.15, -0.1) is 5.10 Å². The lowest BCUT2D eigenvalue weighted by atomic mass is 10.1. The zero-order valence-electron chi connectivity index (χ0n) is 13.0. The van der Waals surface area contributed by atoms with E-state index in [2.05, 4.69) is 15.5 Å². The zero-order chi connectivity index (χ0) is 17.6. The lowest BCUT2D eigenvalue weighted by Gasteiger charge is -2.04. The lowest BCUT2D eigenvalue weighted by Crippen LogP contribution is -2.25. The van der Waals surface area contributed by atoms with Gasteiger partial charge in [0.15, 0.2) is 5.17 Å². The van der Waals surface area contributed by atoms with Gasteiger partial charge in [0.05, 0.1) is 16.4 Å². The van der Waals surface area contributed by atoms with Crippen molar-refractivity contribution < 1.29 is 9.72 Å². The van der Waals surface area contributed by atoms with Crippen molar-refractivity contribution in [2.75, 3.05) is 0 Å². The van der Waals surface area contributed by atoms with Crippen LogP contribution in [-0.2, 0) is 11.2 Å². The first kappa shape index (κ1) is 16.8. The summed E-state index contributed by atoms with van der Waals surface area (Å²) in [5.74, 6) is -0.0989. The number of thioether (sulfide) groups is 1. The first-order chi connectivity index (χ1) is 12.1. The van der Waals surface area contributed by atoms with E-state index in [1.165, 1.54) is 30.1 Å². The number of hydrogen-bond donors (Lipinski definition) is 1. The van der Waals surface area contributed by atoms with Crippen LogP contribution >= 0.6 is 11.8 Å². The fraction of sp³-hybridized carbons (Fsp3) is 0.118. The molecule has 126 valence electrons. The quantitative estimate of drug-likeness (QED) is 0.507.